The highest BCUT2D eigenvalue weighted by atomic mass is 16.5. The molecule has 0 aliphatic carbocycles. The molecular weight excluding hydrogens is 256 g/mol. The molecule has 1 aromatic rings. The van der Waals surface area contributed by atoms with Gasteiger partial charge in [-0.3, -0.25) is 0 Å². The number of methoxy groups -OCH3 is 1. The summed E-state index contributed by atoms with van der Waals surface area (Å²) in [4.78, 5) is 4.23. The SMILES string of the molecule is COCCCOc1ccc(C#CCOC2CNC2)nc1. The molecule has 1 N–H and O–H groups in total. The van der Waals surface area contributed by atoms with E-state index in [0.29, 0.717) is 25.9 Å². The van der Waals surface area contributed by atoms with Gasteiger partial charge in [0.2, 0.25) is 0 Å². The molecule has 5 heteroatoms. The Balaban J connectivity index is 1.68. The van der Waals surface area contributed by atoms with E-state index in [1.54, 1.807) is 13.3 Å². The molecule has 0 unspecified atom stereocenters. The molecule has 108 valence electrons. The van der Waals surface area contributed by atoms with Gasteiger partial charge in [0.25, 0.3) is 0 Å². The molecule has 1 fully saturated rings. The summed E-state index contributed by atoms with van der Waals surface area (Å²) in [5.41, 5.74) is 0.726. The Labute approximate surface area is 119 Å². The predicted molar refractivity (Wildman–Crippen MR) is 75.7 cm³/mol. The first kappa shape index (κ1) is 14.8. The van der Waals surface area contributed by atoms with Gasteiger partial charge < -0.3 is 19.5 Å². The minimum Gasteiger partial charge on any atom is -0.492 e. The molecule has 1 aromatic heterocycles. The topological polar surface area (TPSA) is 52.6 Å². The summed E-state index contributed by atoms with van der Waals surface area (Å²) in [5.74, 6) is 6.68. The molecule has 0 saturated carbocycles. The average molecular weight is 276 g/mol. The lowest BCUT2D eigenvalue weighted by Crippen LogP contribution is -2.48. The van der Waals surface area contributed by atoms with Gasteiger partial charge in [0.15, 0.2) is 0 Å². The van der Waals surface area contributed by atoms with E-state index in [2.05, 4.69) is 22.1 Å². The largest absolute Gasteiger partial charge is 0.492 e. The third kappa shape index (κ3) is 5.17. The van der Waals surface area contributed by atoms with E-state index in [-0.39, 0.29) is 0 Å². The highest BCUT2D eigenvalue weighted by Crippen LogP contribution is 2.08. The predicted octanol–water partition coefficient (Wildman–Crippen LogP) is 0.837. The lowest BCUT2D eigenvalue weighted by molar-refractivity contribution is 0.0394. The minimum atomic E-state index is 0.320. The van der Waals surface area contributed by atoms with Crippen LogP contribution in [0.25, 0.3) is 0 Å². The highest BCUT2D eigenvalue weighted by Gasteiger charge is 2.15. The number of ether oxygens (including phenoxy) is 3. The molecule has 0 spiro atoms. The molecule has 0 atom stereocenters. The monoisotopic (exact) mass is 276 g/mol. The number of hydrogen-bond donors (Lipinski definition) is 1. The van der Waals surface area contributed by atoms with Crippen LogP contribution in [0.5, 0.6) is 5.75 Å². The first-order valence-electron chi connectivity index (χ1n) is 6.77. The van der Waals surface area contributed by atoms with Gasteiger partial charge in [0.05, 0.1) is 18.9 Å². The van der Waals surface area contributed by atoms with Gasteiger partial charge in [0, 0.05) is 33.2 Å². The van der Waals surface area contributed by atoms with E-state index in [9.17, 15) is 0 Å². The third-order valence-electron chi connectivity index (χ3n) is 2.85. The van der Waals surface area contributed by atoms with Crippen LogP contribution in [-0.2, 0) is 9.47 Å². The van der Waals surface area contributed by atoms with Crippen molar-refractivity contribution in [1.29, 1.82) is 0 Å². The molecule has 0 radical (unpaired) electrons. The lowest BCUT2D eigenvalue weighted by Gasteiger charge is -2.25. The summed E-state index contributed by atoms with van der Waals surface area (Å²) < 4.78 is 16.0. The van der Waals surface area contributed by atoms with Crippen molar-refractivity contribution in [3.63, 3.8) is 0 Å². The van der Waals surface area contributed by atoms with Crippen molar-refractivity contribution in [3.8, 4) is 17.6 Å². The molecule has 1 aliphatic heterocycles. The van der Waals surface area contributed by atoms with E-state index in [1.165, 1.54) is 0 Å². The molecule has 0 aromatic carbocycles. The van der Waals surface area contributed by atoms with Crippen molar-refractivity contribution in [3.05, 3.63) is 24.0 Å². The van der Waals surface area contributed by atoms with Crippen LogP contribution in [0.2, 0.25) is 0 Å². The third-order valence-corrected chi connectivity index (χ3v) is 2.85. The molecule has 1 aliphatic rings. The normalized spacial score (nSPS) is 14.2. The van der Waals surface area contributed by atoms with Crippen LogP contribution < -0.4 is 10.1 Å². The highest BCUT2D eigenvalue weighted by molar-refractivity contribution is 5.31. The zero-order chi connectivity index (χ0) is 14.0. The molecule has 2 rings (SSSR count). The van der Waals surface area contributed by atoms with Crippen molar-refractivity contribution in [2.75, 3.05) is 40.0 Å². The fourth-order valence-electron chi connectivity index (χ4n) is 1.60. The van der Waals surface area contributed by atoms with Crippen LogP contribution in [-0.4, -0.2) is 51.1 Å². The summed E-state index contributed by atoms with van der Waals surface area (Å²) in [6.07, 6.45) is 2.87. The van der Waals surface area contributed by atoms with Crippen LogP contribution in [0.1, 0.15) is 12.1 Å². The van der Waals surface area contributed by atoms with Gasteiger partial charge in [-0.05, 0) is 18.1 Å². The summed E-state index contributed by atoms with van der Waals surface area (Å²) >= 11 is 0. The molecule has 20 heavy (non-hydrogen) atoms. The van der Waals surface area contributed by atoms with Crippen LogP contribution in [0, 0.1) is 11.8 Å². The van der Waals surface area contributed by atoms with Crippen LogP contribution in [0.15, 0.2) is 18.3 Å². The van der Waals surface area contributed by atoms with E-state index in [1.807, 2.05) is 12.1 Å². The summed E-state index contributed by atoms with van der Waals surface area (Å²) in [6.45, 7) is 3.63. The van der Waals surface area contributed by atoms with Crippen molar-refractivity contribution in [2.24, 2.45) is 0 Å². The first-order valence-corrected chi connectivity index (χ1v) is 6.77. The average Bonchev–Trinajstić information content (AvgIpc) is 2.43. The number of aromatic nitrogens is 1. The molecular formula is C15H20N2O3. The van der Waals surface area contributed by atoms with Crippen molar-refractivity contribution in [1.82, 2.24) is 10.3 Å². The summed E-state index contributed by atoms with van der Waals surface area (Å²) in [6, 6.07) is 3.73. The molecule has 5 nitrogen and oxygen atoms in total. The Morgan fingerprint density at radius 3 is 2.90 bits per heavy atom. The number of nitrogens with zero attached hydrogens (tertiary/aromatic N) is 1. The lowest BCUT2D eigenvalue weighted by atomic mass is 10.2. The van der Waals surface area contributed by atoms with Crippen LogP contribution in [0.4, 0.5) is 0 Å². The number of pyridine rings is 1. The van der Waals surface area contributed by atoms with E-state index in [4.69, 9.17) is 14.2 Å². The van der Waals surface area contributed by atoms with Crippen LogP contribution >= 0.6 is 0 Å². The summed E-state index contributed by atoms with van der Waals surface area (Å²) in [5, 5.41) is 3.14. The summed E-state index contributed by atoms with van der Waals surface area (Å²) in [7, 11) is 1.68. The second kappa shape index (κ2) is 8.54. The Morgan fingerprint density at radius 2 is 2.25 bits per heavy atom. The van der Waals surface area contributed by atoms with Gasteiger partial charge in [-0.1, -0.05) is 5.92 Å². The zero-order valence-corrected chi connectivity index (χ0v) is 11.7. The van der Waals surface area contributed by atoms with Crippen LogP contribution in [0.3, 0.4) is 0 Å². The number of hydrogen-bond acceptors (Lipinski definition) is 5. The minimum absolute atomic E-state index is 0.320. The van der Waals surface area contributed by atoms with Gasteiger partial charge in [-0.15, -0.1) is 0 Å². The molecule has 2 heterocycles. The zero-order valence-electron chi connectivity index (χ0n) is 11.7. The Bertz CT molecular complexity index is 446. The maximum Gasteiger partial charge on any atom is 0.137 e. The van der Waals surface area contributed by atoms with Gasteiger partial charge >= 0.3 is 0 Å². The molecule has 0 amide bonds. The smallest absolute Gasteiger partial charge is 0.137 e. The van der Waals surface area contributed by atoms with E-state index < -0.39 is 0 Å². The van der Waals surface area contributed by atoms with Gasteiger partial charge in [-0.2, -0.15) is 0 Å². The fraction of sp³-hybridized carbons (Fsp3) is 0.533. The second-order valence-corrected chi connectivity index (χ2v) is 4.47. The van der Waals surface area contributed by atoms with E-state index in [0.717, 1.165) is 31.0 Å². The first-order chi connectivity index (χ1) is 9.88. The van der Waals surface area contributed by atoms with Crippen molar-refractivity contribution >= 4 is 0 Å². The van der Waals surface area contributed by atoms with E-state index >= 15 is 0 Å². The molecule has 0 bridgehead atoms. The Morgan fingerprint density at radius 1 is 1.35 bits per heavy atom. The standard InChI is InChI=1S/C15H20N2O3/c1-18-7-3-9-19-14-6-5-13(17-12-14)4-2-8-20-15-10-16-11-15/h5-6,12,15-16H,3,7-11H2,1H3. The van der Waals surface area contributed by atoms with Crippen molar-refractivity contribution < 1.29 is 14.2 Å². The second-order valence-electron chi connectivity index (χ2n) is 4.47. The molecule has 1 saturated heterocycles. The maximum absolute atomic E-state index is 5.52. The maximum atomic E-state index is 5.52. The number of rotatable bonds is 7. The Kier molecular flexibility index (Phi) is 6.32. The van der Waals surface area contributed by atoms with Crippen molar-refractivity contribution in [2.45, 2.75) is 12.5 Å². The number of nitrogens with one attached hydrogen (secondary N) is 1. The van der Waals surface area contributed by atoms with Gasteiger partial charge in [0.1, 0.15) is 18.1 Å². The van der Waals surface area contributed by atoms with Gasteiger partial charge in [-0.25, -0.2) is 4.98 Å². The fourth-order valence-corrected chi connectivity index (χ4v) is 1.60. The quantitative estimate of drug-likeness (QED) is 0.591. The Hall–Kier alpha value is -1.61.